The van der Waals surface area contributed by atoms with Crippen molar-refractivity contribution in [2.45, 2.75) is 19.8 Å². The van der Waals surface area contributed by atoms with Gasteiger partial charge < -0.3 is 10.1 Å². The molecule has 6 heteroatoms. The van der Waals surface area contributed by atoms with Gasteiger partial charge in [0.25, 0.3) is 5.91 Å². The van der Waals surface area contributed by atoms with Crippen LogP contribution in [0.1, 0.15) is 35.7 Å². The van der Waals surface area contributed by atoms with E-state index >= 15 is 0 Å². The Kier molecular flexibility index (Phi) is 6.23. The number of halogens is 2. The fraction of sp³-hybridized carbons (Fsp3) is 0.222. The summed E-state index contributed by atoms with van der Waals surface area (Å²) >= 11 is 11.7. The zero-order valence-corrected chi connectivity index (χ0v) is 14.8. The molecule has 0 aromatic heterocycles. The van der Waals surface area contributed by atoms with Crippen molar-refractivity contribution in [3.05, 3.63) is 63.6 Å². The fourth-order valence-electron chi connectivity index (χ4n) is 2.04. The molecule has 126 valence electrons. The number of hydrogen-bond acceptors (Lipinski definition) is 3. The summed E-state index contributed by atoms with van der Waals surface area (Å²) in [6.07, 6.45) is 0. The molecule has 24 heavy (non-hydrogen) atoms. The summed E-state index contributed by atoms with van der Waals surface area (Å²) in [6, 6.07) is 11.8. The SMILES string of the molecule is CC(C)c1ccc(C(=O)OCC(=O)Nc2cc(Cl)cc(Cl)c2)cc1. The van der Waals surface area contributed by atoms with E-state index in [2.05, 4.69) is 19.2 Å². The van der Waals surface area contributed by atoms with Crippen molar-refractivity contribution in [1.82, 2.24) is 0 Å². The molecule has 0 saturated carbocycles. The first-order valence-corrected chi connectivity index (χ1v) is 8.14. The van der Waals surface area contributed by atoms with Gasteiger partial charge in [0.1, 0.15) is 0 Å². The van der Waals surface area contributed by atoms with Crippen molar-refractivity contribution in [2.24, 2.45) is 0 Å². The molecule has 0 spiro atoms. The monoisotopic (exact) mass is 365 g/mol. The molecule has 0 fully saturated rings. The van der Waals surface area contributed by atoms with Crippen LogP contribution in [-0.4, -0.2) is 18.5 Å². The Morgan fingerprint density at radius 3 is 2.17 bits per heavy atom. The molecule has 2 aromatic rings. The second kappa shape index (κ2) is 8.18. The molecular formula is C18H17Cl2NO3. The Morgan fingerprint density at radius 1 is 1.04 bits per heavy atom. The smallest absolute Gasteiger partial charge is 0.338 e. The Morgan fingerprint density at radius 2 is 1.62 bits per heavy atom. The largest absolute Gasteiger partial charge is 0.452 e. The summed E-state index contributed by atoms with van der Waals surface area (Å²) < 4.78 is 5.01. The van der Waals surface area contributed by atoms with E-state index in [1.165, 1.54) is 0 Å². The van der Waals surface area contributed by atoms with Gasteiger partial charge in [-0.25, -0.2) is 4.79 Å². The van der Waals surface area contributed by atoms with Crippen molar-refractivity contribution in [3.63, 3.8) is 0 Å². The first kappa shape index (κ1) is 18.3. The minimum Gasteiger partial charge on any atom is -0.452 e. The summed E-state index contributed by atoms with van der Waals surface area (Å²) in [6.45, 7) is 3.74. The average molecular weight is 366 g/mol. The normalized spacial score (nSPS) is 10.5. The maximum atomic E-state index is 11.9. The van der Waals surface area contributed by atoms with Gasteiger partial charge in [0.05, 0.1) is 5.56 Å². The summed E-state index contributed by atoms with van der Waals surface area (Å²) in [5, 5.41) is 3.38. The number of ether oxygens (including phenoxy) is 1. The van der Waals surface area contributed by atoms with Crippen molar-refractivity contribution in [1.29, 1.82) is 0 Å². The molecule has 2 rings (SSSR count). The van der Waals surface area contributed by atoms with E-state index in [4.69, 9.17) is 27.9 Å². The van der Waals surface area contributed by atoms with E-state index in [1.54, 1.807) is 30.3 Å². The molecule has 0 bridgehead atoms. The predicted octanol–water partition coefficient (Wildman–Crippen LogP) is 4.91. The van der Waals surface area contributed by atoms with E-state index in [9.17, 15) is 9.59 Å². The second-order valence-corrected chi connectivity index (χ2v) is 6.43. The Hall–Kier alpha value is -2.04. The van der Waals surface area contributed by atoms with Gasteiger partial charge in [0.2, 0.25) is 0 Å². The molecule has 2 aromatic carbocycles. The number of amides is 1. The maximum Gasteiger partial charge on any atom is 0.338 e. The second-order valence-electron chi connectivity index (χ2n) is 5.56. The topological polar surface area (TPSA) is 55.4 Å². The van der Waals surface area contributed by atoms with Gasteiger partial charge in [-0.2, -0.15) is 0 Å². The van der Waals surface area contributed by atoms with Gasteiger partial charge in [-0.15, -0.1) is 0 Å². The Labute approximate surface area is 150 Å². The highest BCUT2D eigenvalue weighted by Gasteiger charge is 2.11. The molecule has 0 aliphatic rings. The standard InChI is InChI=1S/C18H17Cl2NO3/c1-11(2)12-3-5-13(6-4-12)18(23)24-10-17(22)21-16-8-14(19)7-15(20)9-16/h3-9,11H,10H2,1-2H3,(H,21,22). The lowest BCUT2D eigenvalue weighted by Gasteiger charge is -2.09. The van der Waals surface area contributed by atoms with E-state index in [0.29, 0.717) is 27.2 Å². The van der Waals surface area contributed by atoms with Crippen LogP contribution < -0.4 is 5.32 Å². The molecule has 1 N–H and O–H groups in total. The summed E-state index contributed by atoms with van der Waals surface area (Å²) in [5.41, 5.74) is 1.97. The van der Waals surface area contributed by atoms with Crippen LogP contribution in [0.5, 0.6) is 0 Å². The van der Waals surface area contributed by atoms with Crippen LogP contribution in [0.15, 0.2) is 42.5 Å². The van der Waals surface area contributed by atoms with Crippen LogP contribution >= 0.6 is 23.2 Å². The first-order valence-electron chi connectivity index (χ1n) is 7.38. The van der Waals surface area contributed by atoms with E-state index in [1.807, 2.05) is 12.1 Å². The number of nitrogens with one attached hydrogen (secondary N) is 1. The lowest BCUT2D eigenvalue weighted by atomic mass is 10.0. The van der Waals surface area contributed by atoms with Gasteiger partial charge in [0.15, 0.2) is 6.61 Å². The predicted molar refractivity (Wildman–Crippen MR) is 95.9 cm³/mol. The van der Waals surface area contributed by atoms with E-state index in [-0.39, 0.29) is 0 Å². The number of anilines is 1. The van der Waals surface area contributed by atoms with Crippen molar-refractivity contribution >= 4 is 40.8 Å². The lowest BCUT2D eigenvalue weighted by Crippen LogP contribution is -2.21. The van der Waals surface area contributed by atoms with Crippen LogP contribution in [0.3, 0.4) is 0 Å². The molecule has 0 atom stereocenters. The van der Waals surface area contributed by atoms with Crippen LogP contribution in [-0.2, 0) is 9.53 Å². The average Bonchev–Trinajstić information content (AvgIpc) is 2.51. The van der Waals surface area contributed by atoms with Crippen LogP contribution in [0.4, 0.5) is 5.69 Å². The van der Waals surface area contributed by atoms with Crippen molar-refractivity contribution in [3.8, 4) is 0 Å². The number of rotatable bonds is 5. The molecule has 1 amide bonds. The third-order valence-corrected chi connectivity index (χ3v) is 3.73. The molecular weight excluding hydrogens is 349 g/mol. The van der Waals surface area contributed by atoms with Gasteiger partial charge in [-0.1, -0.05) is 49.2 Å². The molecule has 0 saturated heterocycles. The summed E-state index contributed by atoms with van der Waals surface area (Å²) in [4.78, 5) is 23.8. The number of carbonyl (C=O) groups excluding carboxylic acids is 2. The highest BCUT2D eigenvalue weighted by molar-refractivity contribution is 6.35. The number of esters is 1. The molecule has 0 aliphatic carbocycles. The van der Waals surface area contributed by atoms with Gasteiger partial charge in [-0.05, 0) is 41.8 Å². The first-order chi connectivity index (χ1) is 11.3. The summed E-state index contributed by atoms with van der Waals surface area (Å²) in [5.74, 6) is -0.643. The number of carbonyl (C=O) groups is 2. The molecule has 0 heterocycles. The van der Waals surface area contributed by atoms with E-state index in [0.717, 1.165) is 5.56 Å². The molecule has 0 radical (unpaired) electrons. The third kappa shape index (κ3) is 5.25. The highest BCUT2D eigenvalue weighted by atomic mass is 35.5. The Bertz CT molecular complexity index is 722. The zero-order valence-electron chi connectivity index (χ0n) is 13.3. The lowest BCUT2D eigenvalue weighted by molar-refractivity contribution is -0.119. The number of hydrogen-bond donors (Lipinski definition) is 1. The van der Waals surface area contributed by atoms with Gasteiger partial charge in [-0.3, -0.25) is 4.79 Å². The van der Waals surface area contributed by atoms with Gasteiger partial charge in [0, 0.05) is 15.7 Å². The van der Waals surface area contributed by atoms with Crippen LogP contribution in [0.2, 0.25) is 10.0 Å². The summed E-state index contributed by atoms with van der Waals surface area (Å²) in [7, 11) is 0. The number of benzene rings is 2. The minimum absolute atomic E-state index is 0.380. The fourth-order valence-corrected chi connectivity index (χ4v) is 2.57. The quantitative estimate of drug-likeness (QED) is 0.765. The van der Waals surface area contributed by atoms with Crippen molar-refractivity contribution in [2.75, 3.05) is 11.9 Å². The van der Waals surface area contributed by atoms with Crippen molar-refractivity contribution < 1.29 is 14.3 Å². The van der Waals surface area contributed by atoms with Gasteiger partial charge >= 0.3 is 5.97 Å². The third-order valence-electron chi connectivity index (χ3n) is 3.29. The molecule has 4 nitrogen and oxygen atoms in total. The van der Waals surface area contributed by atoms with Crippen LogP contribution in [0.25, 0.3) is 0 Å². The van der Waals surface area contributed by atoms with E-state index < -0.39 is 18.5 Å². The zero-order chi connectivity index (χ0) is 17.7. The maximum absolute atomic E-state index is 11.9. The highest BCUT2D eigenvalue weighted by Crippen LogP contribution is 2.22. The molecule has 0 unspecified atom stereocenters. The van der Waals surface area contributed by atoms with Crippen LogP contribution in [0, 0.1) is 0 Å². The Balaban J connectivity index is 1.89. The minimum atomic E-state index is -0.551. The molecule has 0 aliphatic heterocycles.